The summed E-state index contributed by atoms with van der Waals surface area (Å²) in [4.78, 5) is 7.53. The lowest BCUT2D eigenvalue weighted by Gasteiger charge is -2.07. The number of rotatable bonds is 4. The smallest absolute Gasteiger partial charge is 0.233 e. The highest BCUT2D eigenvalue weighted by Gasteiger charge is 2.06. The Balaban J connectivity index is 2.37. The van der Waals surface area contributed by atoms with E-state index in [1.165, 1.54) is 0 Å². The van der Waals surface area contributed by atoms with E-state index >= 15 is 0 Å². The van der Waals surface area contributed by atoms with Gasteiger partial charge in [0, 0.05) is 11.8 Å². The maximum atomic E-state index is 5.18. The molecule has 0 saturated carbocycles. The molecule has 6 heteroatoms. The number of aromatic nitrogens is 4. The number of aromatic amines is 1. The van der Waals surface area contributed by atoms with Gasteiger partial charge in [-0.1, -0.05) is 26.1 Å². The van der Waals surface area contributed by atoms with Crippen molar-refractivity contribution < 1.29 is 4.74 Å². The maximum Gasteiger partial charge on any atom is 0.233 e. The van der Waals surface area contributed by atoms with Gasteiger partial charge in [-0.05, 0) is 24.5 Å². The van der Waals surface area contributed by atoms with Crippen LogP contribution < -0.4 is 4.74 Å². The van der Waals surface area contributed by atoms with Crippen molar-refractivity contribution >= 4 is 12.2 Å². The van der Waals surface area contributed by atoms with Crippen LogP contribution in [0.1, 0.15) is 19.5 Å². The highest BCUT2D eigenvalue weighted by Crippen LogP contribution is 2.15. The Morgan fingerprint density at radius 3 is 2.68 bits per heavy atom. The van der Waals surface area contributed by atoms with E-state index in [1.807, 2.05) is 6.07 Å². The van der Waals surface area contributed by atoms with Crippen molar-refractivity contribution in [3.05, 3.63) is 28.5 Å². The molecule has 0 saturated heterocycles. The van der Waals surface area contributed by atoms with Gasteiger partial charge in [0.25, 0.3) is 0 Å². The first-order valence-electron chi connectivity index (χ1n) is 6.07. The van der Waals surface area contributed by atoms with E-state index in [9.17, 15) is 0 Å². The first-order chi connectivity index (χ1) is 9.08. The zero-order chi connectivity index (χ0) is 13.8. The lowest BCUT2D eigenvalue weighted by molar-refractivity contribution is 0.392. The summed E-state index contributed by atoms with van der Waals surface area (Å²) in [5.74, 6) is 1.65. The molecule has 0 amide bonds. The van der Waals surface area contributed by atoms with Crippen molar-refractivity contribution in [1.29, 1.82) is 0 Å². The van der Waals surface area contributed by atoms with E-state index in [-0.39, 0.29) is 0 Å². The SMILES string of the molecule is COc1ccc(-c2nc(=S)cc(CC(C)C)[nH]2)nn1. The maximum absolute atomic E-state index is 5.18. The summed E-state index contributed by atoms with van der Waals surface area (Å²) in [6, 6.07) is 5.43. The Hall–Kier alpha value is -1.82. The highest BCUT2D eigenvalue weighted by atomic mass is 32.1. The minimum absolute atomic E-state index is 0.473. The van der Waals surface area contributed by atoms with Gasteiger partial charge in [0.2, 0.25) is 5.88 Å². The third kappa shape index (κ3) is 3.57. The van der Waals surface area contributed by atoms with Gasteiger partial charge in [0.1, 0.15) is 10.3 Å². The molecule has 0 aliphatic heterocycles. The zero-order valence-corrected chi connectivity index (χ0v) is 12.0. The lowest BCUT2D eigenvalue weighted by atomic mass is 10.1. The fourth-order valence-electron chi connectivity index (χ4n) is 1.73. The number of hydrogen-bond acceptors (Lipinski definition) is 5. The number of hydrogen-bond donors (Lipinski definition) is 1. The Kier molecular flexibility index (Phi) is 4.21. The summed E-state index contributed by atoms with van der Waals surface area (Å²) in [5, 5.41) is 7.99. The zero-order valence-electron chi connectivity index (χ0n) is 11.2. The Bertz CT molecular complexity index is 607. The second kappa shape index (κ2) is 5.88. The van der Waals surface area contributed by atoms with Crippen LogP contribution in [-0.4, -0.2) is 27.3 Å². The summed E-state index contributed by atoms with van der Waals surface area (Å²) in [7, 11) is 1.55. The fraction of sp³-hybridized carbons (Fsp3) is 0.385. The molecule has 0 aliphatic carbocycles. The van der Waals surface area contributed by atoms with Gasteiger partial charge in [-0.2, -0.15) is 0 Å². The predicted molar refractivity (Wildman–Crippen MR) is 75.5 cm³/mol. The Labute approximate surface area is 117 Å². The van der Waals surface area contributed by atoms with Crippen LogP contribution in [0.4, 0.5) is 0 Å². The van der Waals surface area contributed by atoms with Crippen LogP contribution >= 0.6 is 12.2 Å². The van der Waals surface area contributed by atoms with Crippen molar-refractivity contribution in [3.8, 4) is 17.4 Å². The summed E-state index contributed by atoms with van der Waals surface area (Å²) in [5.41, 5.74) is 1.71. The quantitative estimate of drug-likeness (QED) is 0.870. The number of nitrogens with one attached hydrogen (secondary N) is 1. The van der Waals surface area contributed by atoms with E-state index in [2.05, 4.69) is 34.0 Å². The number of nitrogens with zero attached hydrogens (tertiary/aromatic N) is 3. The summed E-state index contributed by atoms with van der Waals surface area (Å²) < 4.78 is 5.54. The Morgan fingerprint density at radius 1 is 1.32 bits per heavy atom. The number of ether oxygens (including phenoxy) is 1. The summed E-state index contributed by atoms with van der Waals surface area (Å²) in [6.07, 6.45) is 0.919. The van der Waals surface area contributed by atoms with Crippen LogP contribution in [0.3, 0.4) is 0 Å². The van der Waals surface area contributed by atoms with Gasteiger partial charge in [-0.3, -0.25) is 0 Å². The van der Waals surface area contributed by atoms with Crippen molar-refractivity contribution in [3.63, 3.8) is 0 Å². The molecule has 0 unspecified atom stereocenters. The molecule has 0 bridgehead atoms. The van der Waals surface area contributed by atoms with Crippen LogP contribution in [-0.2, 0) is 6.42 Å². The van der Waals surface area contributed by atoms with Gasteiger partial charge in [-0.15, -0.1) is 10.2 Å². The second-order valence-corrected chi connectivity index (χ2v) is 5.07. The van der Waals surface area contributed by atoms with Crippen LogP contribution in [0, 0.1) is 10.6 Å². The molecule has 2 heterocycles. The van der Waals surface area contributed by atoms with Gasteiger partial charge >= 0.3 is 0 Å². The second-order valence-electron chi connectivity index (χ2n) is 4.65. The summed E-state index contributed by atoms with van der Waals surface area (Å²) >= 11 is 5.18. The van der Waals surface area contributed by atoms with Gasteiger partial charge in [-0.25, -0.2) is 4.98 Å². The molecule has 0 spiro atoms. The highest BCUT2D eigenvalue weighted by molar-refractivity contribution is 7.71. The Morgan fingerprint density at radius 2 is 2.11 bits per heavy atom. The van der Waals surface area contributed by atoms with E-state index in [1.54, 1.807) is 19.2 Å². The van der Waals surface area contributed by atoms with Crippen LogP contribution in [0.2, 0.25) is 0 Å². The van der Waals surface area contributed by atoms with Crippen LogP contribution in [0.5, 0.6) is 5.88 Å². The topological polar surface area (TPSA) is 63.7 Å². The van der Waals surface area contributed by atoms with Gasteiger partial charge < -0.3 is 9.72 Å². The first kappa shape index (κ1) is 13.6. The normalized spacial score (nSPS) is 10.7. The van der Waals surface area contributed by atoms with Crippen LogP contribution in [0.25, 0.3) is 11.5 Å². The standard InChI is InChI=1S/C13H16N4OS/c1-8(2)6-9-7-12(19)15-13(14-9)10-4-5-11(18-3)17-16-10/h4-5,7-8H,6H2,1-3H3,(H,14,15,19). The fourth-order valence-corrected chi connectivity index (χ4v) is 1.97. The average Bonchev–Trinajstić information content (AvgIpc) is 2.37. The molecule has 0 fully saturated rings. The molecular weight excluding hydrogens is 260 g/mol. The number of methoxy groups -OCH3 is 1. The third-order valence-corrected chi connectivity index (χ3v) is 2.73. The van der Waals surface area contributed by atoms with Crippen molar-refractivity contribution in [1.82, 2.24) is 20.2 Å². The molecular formula is C13H16N4OS. The van der Waals surface area contributed by atoms with E-state index in [0.717, 1.165) is 12.1 Å². The molecule has 1 N–H and O–H groups in total. The van der Waals surface area contributed by atoms with Crippen LogP contribution in [0.15, 0.2) is 18.2 Å². The monoisotopic (exact) mass is 276 g/mol. The van der Waals surface area contributed by atoms with E-state index in [4.69, 9.17) is 17.0 Å². The van der Waals surface area contributed by atoms with Gasteiger partial charge in [0.15, 0.2) is 5.82 Å². The molecule has 0 radical (unpaired) electrons. The molecule has 2 rings (SSSR count). The largest absolute Gasteiger partial charge is 0.480 e. The molecule has 0 aromatic carbocycles. The minimum atomic E-state index is 0.473. The molecule has 19 heavy (non-hydrogen) atoms. The van der Waals surface area contributed by atoms with Gasteiger partial charge in [0.05, 0.1) is 7.11 Å². The van der Waals surface area contributed by atoms with Crippen molar-refractivity contribution in [2.45, 2.75) is 20.3 Å². The average molecular weight is 276 g/mol. The molecule has 2 aromatic heterocycles. The molecule has 100 valence electrons. The molecule has 5 nitrogen and oxygen atoms in total. The summed E-state index contributed by atoms with van der Waals surface area (Å²) in [6.45, 7) is 4.31. The third-order valence-electron chi connectivity index (χ3n) is 2.52. The number of H-pyrrole nitrogens is 1. The molecule has 0 aliphatic rings. The van der Waals surface area contributed by atoms with Crippen molar-refractivity contribution in [2.75, 3.05) is 7.11 Å². The minimum Gasteiger partial charge on any atom is -0.480 e. The first-order valence-corrected chi connectivity index (χ1v) is 6.47. The lowest BCUT2D eigenvalue weighted by Crippen LogP contribution is -2.02. The molecule has 2 aromatic rings. The van der Waals surface area contributed by atoms with E-state index < -0.39 is 0 Å². The predicted octanol–water partition coefficient (Wildman–Crippen LogP) is 2.80. The molecule has 0 atom stereocenters. The van der Waals surface area contributed by atoms with Crippen molar-refractivity contribution in [2.24, 2.45) is 5.92 Å². The van der Waals surface area contributed by atoms with E-state index in [0.29, 0.717) is 28.0 Å².